The van der Waals surface area contributed by atoms with Crippen molar-refractivity contribution < 1.29 is 5.11 Å². The van der Waals surface area contributed by atoms with Crippen molar-refractivity contribution in [1.82, 2.24) is 19.5 Å². The molecule has 5 heteroatoms. The van der Waals surface area contributed by atoms with Gasteiger partial charge in [-0.1, -0.05) is 13.3 Å². The Morgan fingerprint density at radius 1 is 1.38 bits per heavy atom. The summed E-state index contributed by atoms with van der Waals surface area (Å²) in [4.78, 5) is 12.6. The van der Waals surface area contributed by atoms with Crippen molar-refractivity contribution in [1.29, 1.82) is 0 Å². The summed E-state index contributed by atoms with van der Waals surface area (Å²) in [7, 11) is 0. The summed E-state index contributed by atoms with van der Waals surface area (Å²) in [6.07, 6.45) is 5.22. The number of aryl methyl sites for hydroxylation is 1. The van der Waals surface area contributed by atoms with E-state index in [0.717, 1.165) is 29.7 Å². The second kappa shape index (κ2) is 4.57. The first kappa shape index (κ1) is 11.0. The van der Waals surface area contributed by atoms with Gasteiger partial charge in [0.25, 0.3) is 0 Å². The normalized spacial score (nSPS) is 13.2. The third-order valence-corrected chi connectivity index (χ3v) is 2.77. The quantitative estimate of drug-likeness (QED) is 0.847. The lowest BCUT2D eigenvalue weighted by molar-refractivity contribution is 0.222. The standard InChI is InChI=1S/C11H16N4O/c1-3-4-9(5-16)15-7-14-10-8(2)12-6-13-11(10)15/h6-7,9,16H,3-5H2,1-2H3. The summed E-state index contributed by atoms with van der Waals surface area (Å²) in [5.41, 5.74) is 2.49. The first-order valence-corrected chi connectivity index (χ1v) is 5.53. The Hall–Kier alpha value is -1.49. The van der Waals surface area contributed by atoms with Crippen LogP contribution in [0.5, 0.6) is 0 Å². The largest absolute Gasteiger partial charge is 0.394 e. The highest BCUT2D eigenvalue weighted by atomic mass is 16.3. The molecule has 1 atom stereocenters. The number of hydrogen-bond acceptors (Lipinski definition) is 4. The number of nitrogens with zero attached hydrogens (tertiary/aromatic N) is 4. The van der Waals surface area contributed by atoms with Crippen LogP contribution in [0.1, 0.15) is 31.5 Å². The summed E-state index contributed by atoms with van der Waals surface area (Å²) in [5.74, 6) is 0. The predicted molar refractivity (Wildman–Crippen MR) is 61.1 cm³/mol. The third-order valence-electron chi connectivity index (χ3n) is 2.77. The zero-order chi connectivity index (χ0) is 11.5. The highest BCUT2D eigenvalue weighted by Crippen LogP contribution is 2.20. The highest BCUT2D eigenvalue weighted by molar-refractivity contribution is 5.72. The summed E-state index contributed by atoms with van der Waals surface area (Å²) in [6.45, 7) is 4.12. The molecule has 0 aliphatic heterocycles. The van der Waals surface area contributed by atoms with Gasteiger partial charge in [0.15, 0.2) is 5.65 Å². The lowest BCUT2D eigenvalue weighted by atomic mass is 10.2. The number of aliphatic hydroxyl groups excluding tert-OH is 1. The molecule has 2 rings (SSSR count). The molecule has 0 aliphatic rings. The van der Waals surface area contributed by atoms with E-state index in [1.807, 2.05) is 11.5 Å². The fraction of sp³-hybridized carbons (Fsp3) is 0.545. The van der Waals surface area contributed by atoms with Gasteiger partial charge in [-0.15, -0.1) is 0 Å². The first-order chi connectivity index (χ1) is 7.77. The van der Waals surface area contributed by atoms with E-state index in [1.54, 1.807) is 6.33 Å². The molecule has 0 aliphatic carbocycles. The van der Waals surface area contributed by atoms with Crippen molar-refractivity contribution in [3.63, 3.8) is 0 Å². The zero-order valence-electron chi connectivity index (χ0n) is 9.59. The predicted octanol–water partition coefficient (Wildman–Crippen LogP) is 1.47. The van der Waals surface area contributed by atoms with Gasteiger partial charge >= 0.3 is 0 Å². The van der Waals surface area contributed by atoms with Crippen LogP contribution in [-0.2, 0) is 0 Å². The van der Waals surface area contributed by atoms with E-state index in [9.17, 15) is 5.11 Å². The maximum atomic E-state index is 9.37. The molecule has 5 nitrogen and oxygen atoms in total. The number of aromatic nitrogens is 4. The Bertz CT molecular complexity index is 480. The van der Waals surface area contributed by atoms with E-state index in [2.05, 4.69) is 21.9 Å². The first-order valence-electron chi connectivity index (χ1n) is 5.53. The van der Waals surface area contributed by atoms with E-state index in [-0.39, 0.29) is 12.6 Å². The Morgan fingerprint density at radius 3 is 2.88 bits per heavy atom. The van der Waals surface area contributed by atoms with Crippen molar-refractivity contribution in [2.24, 2.45) is 0 Å². The average molecular weight is 220 g/mol. The summed E-state index contributed by atoms with van der Waals surface area (Å²) < 4.78 is 1.94. The molecule has 0 spiro atoms. The van der Waals surface area contributed by atoms with Gasteiger partial charge in [-0.2, -0.15) is 0 Å². The summed E-state index contributed by atoms with van der Waals surface area (Å²) >= 11 is 0. The van der Waals surface area contributed by atoms with Crippen LogP contribution >= 0.6 is 0 Å². The highest BCUT2D eigenvalue weighted by Gasteiger charge is 2.14. The van der Waals surface area contributed by atoms with Crippen molar-refractivity contribution in [3.05, 3.63) is 18.3 Å². The van der Waals surface area contributed by atoms with E-state index < -0.39 is 0 Å². The molecular formula is C11H16N4O. The van der Waals surface area contributed by atoms with Gasteiger partial charge in [0.1, 0.15) is 11.8 Å². The Morgan fingerprint density at radius 2 is 2.19 bits per heavy atom. The minimum Gasteiger partial charge on any atom is -0.394 e. The van der Waals surface area contributed by atoms with Crippen LogP contribution in [0, 0.1) is 6.92 Å². The van der Waals surface area contributed by atoms with Crippen molar-refractivity contribution in [3.8, 4) is 0 Å². The Kier molecular flexibility index (Phi) is 3.14. The topological polar surface area (TPSA) is 63.8 Å². The number of aliphatic hydroxyl groups is 1. The van der Waals surface area contributed by atoms with Gasteiger partial charge < -0.3 is 9.67 Å². The van der Waals surface area contributed by atoms with E-state index in [4.69, 9.17) is 0 Å². The summed E-state index contributed by atoms with van der Waals surface area (Å²) in [5, 5.41) is 9.37. The number of hydrogen-bond donors (Lipinski definition) is 1. The lowest BCUT2D eigenvalue weighted by Gasteiger charge is -2.15. The Balaban J connectivity index is 2.48. The number of rotatable bonds is 4. The van der Waals surface area contributed by atoms with Gasteiger partial charge in [0.05, 0.1) is 24.7 Å². The number of fused-ring (bicyclic) bond motifs is 1. The maximum Gasteiger partial charge on any atom is 0.163 e. The fourth-order valence-electron chi connectivity index (χ4n) is 1.89. The molecule has 86 valence electrons. The minimum atomic E-state index is 0.0595. The molecule has 0 bridgehead atoms. The van der Waals surface area contributed by atoms with Gasteiger partial charge in [-0.3, -0.25) is 0 Å². The molecule has 2 aromatic heterocycles. The average Bonchev–Trinajstić information content (AvgIpc) is 2.71. The molecule has 2 aromatic rings. The molecular weight excluding hydrogens is 204 g/mol. The molecule has 1 unspecified atom stereocenters. The molecule has 1 N–H and O–H groups in total. The minimum absolute atomic E-state index is 0.0595. The van der Waals surface area contributed by atoms with Crippen LogP contribution in [0.3, 0.4) is 0 Å². The van der Waals surface area contributed by atoms with Crippen LogP contribution in [0.25, 0.3) is 11.2 Å². The molecule has 0 saturated carbocycles. The van der Waals surface area contributed by atoms with Crippen molar-refractivity contribution >= 4 is 11.2 Å². The second-order valence-electron chi connectivity index (χ2n) is 3.91. The van der Waals surface area contributed by atoms with Crippen molar-refractivity contribution in [2.75, 3.05) is 6.61 Å². The SMILES string of the molecule is CCCC(CO)n1cnc2c(C)ncnc21. The second-order valence-corrected chi connectivity index (χ2v) is 3.91. The molecule has 2 heterocycles. The number of imidazole rings is 1. The molecule has 16 heavy (non-hydrogen) atoms. The molecule has 0 saturated heterocycles. The van der Waals surface area contributed by atoms with Gasteiger partial charge in [-0.05, 0) is 13.3 Å². The van der Waals surface area contributed by atoms with Crippen LogP contribution in [0.4, 0.5) is 0 Å². The Labute approximate surface area is 94.2 Å². The van der Waals surface area contributed by atoms with Gasteiger partial charge in [-0.25, -0.2) is 15.0 Å². The van der Waals surface area contributed by atoms with Gasteiger partial charge in [0, 0.05) is 0 Å². The van der Waals surface area contributed by atoms with E-state index in [0.29, 0.717) is 0 Å². The molecule has 0 radical (unpaired) electrons. The van der Waals surface area contributed by atoms with Crippen LogP contribution in [0.15, 0.2) is 12.7 Å². The van der Waals surface area contributed by atoms with E-state index in [1.165, 1.54) is 6.33 Å². The third kappa shape index (κ3) is 1.78. The molecule has 0 fully saturated rings. The van der Waals surface area contributed by atoms with E-state index >= 15 is 0 Å². The molecule has 0 aromatic carbocycles. The maximum absolute atomic E-state index is 9.37. The van der Waals surface area contributed by atoms with Crippen LogP contribution < -0.4 is 0 Å². The lowest BCUT2D eigenvalue weighted by Crippen LogP contribution is -2.12. The van der Waals surface area contributed by atoms with Gasteiger partial charge in [0.2, 0.25) is 0 Å². The smallest absolute Gasteiger partial charge is 0.163 e. The molecule has 0 amide bonds. The monoisotopic (exact) mass is 220 g/mol. The van der Waals surface area contributed by atoms with Crippen molar-refractivity contribution in [2.45, 2.75) is 32.7 Å². The van der Waals surface area contributed by atoms with Crippen LogP contribution in [0.2, 0.25) is 0 Å². The zero-order valence-corrected chi connectivity index (χ0v) is 9.59. The fourth-order valence-corrected chi connectivity index (χ4v) is 1.89. The van der Waals surface area contributed by atoms with Crippen LogP contribution in [-0.4, -0.2) is 31.2 Å². The summed E-state index contributed by atoms with van der Waals surface area (Å²) in [6, 6.07) is 0.0595.